The van der Waals surface area contributed by atoms with E-state index in [1.54, 1.807) is 11.3 Å². The van der Waals surface area contributed by atoms with E-state index < -0.39 is 17.8 Å². The summed E-state index contributed by atoms with van der Waals surface area (Å²) in [7, 11) is 3.74. The molecule has 3 aromatic rings. The van der Waals surface area contributed by atoms with Crippen molar-refractivity contribution in [2.75, 3.05) is 26.0 Å². The molecule has 0 bridgehead atoms. The first-order chi connectivity index (χ1) is 13.8. The van der Waals surface area contributed by atoms with Crippen molar-refractivity contribution in [3.8, 4) is 5.69 Å². The van der Waals surface area contributed by atoms with Gasteiger partial charge >= 0.3 is 12.2 Å². The maximum Gasteiger partial charge on any atom is 0.418 e. The van der Waals surface area contributed by atoms with Gasteiger partial charge in [0.15, 0.2) is 0 Å². The molecule has 0 saturated carbocycles. The van der Waals surface area contributed by atoms with E-state index in [0.29, 0.717) is 0 Å². The highest BCUT2D eigenvalue weighted by atomic mass is 32.1. The first-order valence-electron chi connectivity index (χ1n) is 8.56. The van der Waals surface area contributed by atoms with Gasteiger partial charge in [0.25, 0.3) is 0 Å². The number of rotatable bonds is 6. The quantitative estimate of drug-likeness (QED) is 0.632. The maximum absolute atomic E-state index is 13.5. The molecule has 2 heterocycles. The van der Waals surface area contributed by atoms with Crippen LogP contribution >= 0.6 is 11.3 Å². The molecular weight excluding hydrogens is 405 g/mol. The number of aromatic nitrogens is 3. The van der Waals surface area contributed by atoms with E-state index in [1.807, 2.05) is 36.5 Å². The SMILES string of the molecule is CN(C)[C@H](CNC(=O)Nc1ccc(-n2cncn2)cc1C(F)(F)F)c1cccs1. The molecule has 0 aliphatic rings. The molecular formula is C18H19F3N6OS. The van der Waals surface area contributed by atoms with Crippen LogP contribution in [0.25, 0.3) is 5.69 Å². The fourth-order valence-electron chi connectivity index (χ4n) is 2.73. The van der Waals surface area contributed by atoms with Crippen molar-refractivity contribution >= 4 is 23.1 Å². The van der Waals surface area contributed by atoms with Crippen LogP contribution < -0.4 is 10.6 Å². The second-order valence-electron chi connectivity index (χ2n) is 6.40. The van der Waals surface area contributed by atoms with E-state index >= 15 is 0 Å². The molecule has 2 aromatic heterocycles. The van der Waals surface area contributed by atoms with Gasteiger partial charge in [-0.15, -0.1) is 11.3 Å². The van der Waals surface area contributed by atoms with Crippen LogP contribution in [0, 0.1) is 0 Å². The molecule has 0 aliphatic heterocycles. The highest BCUT2D eigenvalue weighted by Crippen LogP contribution is 2.36. The Morgan fingerprint density at radius 2 is 2.10 bits per heavy atom. The Morgan fingerprint density at radius 1 is 1.31 bits per heavy atom. The maximum atomic E-state index is 13.5. The summed E-state index contributed by atoms with van der Waals surface area (Å²) in [5, 5.41) is 10.7. The van der Waals surface area contributed by atoms with E-state index in [4.69, 9.17) is 0 Å². The fourth-order valence-corrected chi connectivity index (χ4v) is 3.66. The Kier molecular flexibility index (Phi) is 6.18. The third-order valence-corrected chi connectivity index (χ3v) is 5.16. The van der Waals surface area contributed by atoms with Gasteiger partial charge in [-0.05, 0) is 43.7 Å². The highest BCUT2D eigenvalue weighted by Gasteiger charge is 2.34. The summed E-state index contributed by atoms with van der Waals surface area (Å²) < 4.78 is 41.7. The van der Waals surface area contributed by atoms with Gasteiger partial charge in [0.1, 0.15) is 12.7 Å². The molecule has 0 unspecified atom stereocenters. The van der Waals surface area contributed by atoms with Crippen molar-refractivity contribution < 1.29 is 18.0 Å². The van der Waals surface area contributed by atoms with Gasteiger partial charge in [-0.25, -0.2) is 14.5 Å². The van der Waals surface area contributed by atoms with Crippen molar-refractivity contribution in [1.29, 1.82) is 0 Å². The zero-order valence-electron chi connectivity index (χ0n) is 15.6. The predicted octanol–water partition coefficient (Wildman–Crippen LogP) is 3.77. The third-order valence-electron chi connectivity index (χ3n) is 4.19. The number of halogens is 3. The molecule has 0 radical (unpaired) electrons. The van der Waals surface area contributed by atoms with Crippen molar-refractivity contribution in [2.24, 2.45) is 0 Å². The lowest BCUT2D eigenvalue weighted by Gasteiger charge is -2.24. The Hall–Kier alpha value is -2.92. The van der Waals surface area contributed by atoms with Crippen LogP contribution in [-0.4, -0.2) is 46.3 Å². The monoisotopic (exact) mass is 424 g/mol. The zero-order chi connectivity index (χ0) is 21.0. The fraction of sp³-hybridized carbons (Fsp3) is 0.278. The standard InChI is InChI=1S/C18H19F3N6OS/c1-26(2)15(16-4-3-7-29-16)9-23-17(28)25-14-6-5-12(27-11-22-10-24-27)8-13(14)18(19,20)21/h3-8,10-11,15H,9H2,1-2H3,(H2,23,25,28)/t15-/m1/s1. The minimum Gasteiger partial charge on any atom is -0.336 e. The molecule has 29 heavy (non-hydrogen) atoms. The van der Waals surface area contributed by atoms with E-state index in [0.717, 1.165) is 10.9 Å². The molecule has 2 N–H and O–H groups in total. The number of alkyl halides is 3. The van der Waals surface area contributed by atoms with Crippen molar-refractivity contribution in [3.05, 3.63) is 58.8 Å². The molecule has 0 aliphatic carbocycles. The summed E-state index contributed by atoms with van der Waals surface area (Å²) >= 11 is 1.55. The molecule has 0 spiro atoms. The van der Waals surface area contributed by atoms with Crippen LogP contribution in [-0.2, 0) is 6.18 Å². The summed E-state index contributed by atoms with van der Waals surface area (Å²) in [4.78, 5) is 19.0. The van der Waals surface area contributed by atoms with Crippen molar-refractivity contribution in [2.45, 2.75) is 12.2 Å². The van der Waals surface area contributed by atoms with Crippen molar-refractivity contribution in [3.63, 3.8) is 0 Å². The van der Waals surface area contributed by atoms with Crippen LogP contribution in [0.1, 0.15) is 16.5 Å². The number of nitrogens with one attached hydrogen (secondary N) is 2. The number of carbonyl (C=O) groups excluding carboxylic acids is 1. The lowest BCUT2D eigenvalue weighted by atomic mass is 10.1. The van der Waals surface area contributed by atoms with Crippen LogP contribution in [0.15, 0.2) is 48.4 Å². The third kappa shape index (κ3) is 5.12. The van der Waals surface area contributed by atoms with Gasteiger partial charge < -0.3 is 15.5 Å². The number of thiophene rings is 1. The van der Waals surface area contributed by atoms with E-state index in [1.165, 1.54) is 29.5 Å². The van der Waals surface area contributed by atoms with Gasteiger partial charge in [-0.2, -0.15) is 18.3 Å². The van der Waals surface area contributed by atoms with Gasteiger partial charge in [0, 0.05) is 11.4 Å². The molecule has 0 saturated heterocycles. The van der Waals surface area contributed by atoms with E-state index in [2.05, 4.69) is 20.7 Å². The topological polar surface area (TPSA) is 75.1 Å². The van der Waals surface area contributed by atoms with Gasteiger partial charge in [0.2, 0.25) is 0 Å². The summed E-state index contributed by atoms with van der Waals surface area (Å²) in [6, 6.07) is 6.58. The Bertz CT molecular complexity index is 941. The summed E-state index contributed by atoms with van der Waals surface area (Å²) in [5.74, 6) is 0. The minimum atomic E-state index is -4.65. The lowest BCUT2D eigenvalue weighted by molar-refractivity contribution is -0.136. The summed E-state index contributed by atoms with van der Waals surface area (Å²) in [5.41, 5.74) is -1.12. The lowest BCUT2D eigenvalue weighted by Crippen LogP contribution is -2.37. The molecule has 1 atom stereocenters. The summed E-state index contributed by atoms with van der Waals surface area (Å²) in [6.45, 7) is 0.248. The average molecular weight is 424 g/mol. The predicted molar refractivity (Wildman–Crippen MR) is 104 cm³/mol. The minimum absolute atomic E-state index is 0.0856. The molecule has 0 fully saturated rings. The molecule has 7 nitrogen and oxygen atoms in total. The van der Waals surface area contributed by atoms with Gasteiger partial charge in [-0.3, -0.25) is 0 Å². The Balaban J connectivity index is 1.74. The number of urea groups is 1. The van der Waals surface area contributed by atoms with Gasteiger partial charge in [0.05, 0.1) is 23.0 Å². The molecule has 2 amide bonds. The van der Waals surface area contributed by atoms with E-state index in [9.17, 15) is 18.0 Å². The van der Waals surface area contributed by atoms with Crippen LogP contribution in [0.2, 0.25) is 0 Å². The average Bonchev–Trinajstić information content (AvgIpc) is 3.35. The van der Waals surface area contributed by atoms with Crippen LogP contribution in [0.5, 0.6) is 0 Å². The zero-order valence-corrected chi connectivity index (χ0v) is 16.5. The largest absolute Gasteiger partial charge is 0.418 e. The number of hydrogen-bond donors (Lipinski definition) is 2. The number of likely N-dealkylation sites (N-methyl/N-ethyl adjacent to an activating group) is 1. The smallest absolute Gasteiger partial charge is 0.336 e. The van der Waals surface area contributed by atoms with Crippen LogP contribution in [0.3, 0.4) is 0 Å². The van der Waals surface area contributed by atoms with E-state index in [-0.39, 0.29) is 24.0 Å². The number of anilines is 1. The van der Waals surface area contributed by atoms with Crippen molar-refractivity contribution in [1.82, 2.24) is 25.0 Å². The molecule has 3 rings (SSSR count). The number of carbonyl (C=O) groups is 1. The second kappa shape index (κ2) is 8.62. The Labute approximate surface area is 169 Å². The normalized spacial score (nSPS) is 12.8. The molecule has 154 valence electrons. The number of amides is 2. The second-order valence-corrected chi connectivity index (χ2v) is 7.38. The number of benzene rings is 1. The molecule has 11 heteroatoms. The summed E-state index contributed by atoms with van der Waals surface area (Å²) in [6.07, 6.45) is -2.13. The number of hydrogen-bond acceptors (Lipinski definition) is 5. The van der Waals surface area contributed by atoms with Crippen LogP contribution in [0.4, 0.5) is 23.7 Å². The first-order valence-corrected chi connectivity index (χ1v) is 9.44. The van der Waals surface area contributed by atoms with Gasteiger partial charge in [-0.1, -0.05) is 6.07 Å². The first kappa shape index (κ1) is 20.8. The Morgan fingerprint density at radius 3 is 2.69 bits per heavy atom. The highest BCUT2D eigenvalue weighted by molar-refractivity contribution is 7.10. The number of nitrogens with zero attached hydrogens (tertiary/aromatic N) is 4. The molecule has 1 aromatic carbocycles.